The molecule has 3 heterocycles. The Morgan fingerprint density at radius 1 is 1.21 bits per heavy atom. The minimum Gasteiger partial charge on any atom is -0.392 e. The van der Waals surface area contributed by atoms with Crippen molar-refractivity contribution in [3.63, 3.8) is 0 Å². The van der Waals surface area contributed by atoms with E-state index < -0.39 is 0 Å². The molecule has 0 amide bonds. The Morgan fingerprint density at radius 3 is 2.55 bits per heavy atom. The number of allylic oxidation sites excluding steroid dienone is 2. The quantitative estimate of drug-likeness (QED) is 0.779. The lowest BCUT2D eigenvalue weighted by Gasteiger charge is -2.45. The highest BCUT2D eigenvalue weighted by Crippen LogP contribution is 2.38. The van der Waals surface area contributed by atoms with Crippen molar-refractivity contribution >= 4 is 29.0 Å². The summed E-state index contributed by atoms with van der Waals surface area (Å²) in [5, 5.41) is 11.1. The summed E-state index contributed by atoms with van der Waals surface area (Å²) in [5.74, 6) is 1.42. The highest BCUT2D eigenvalue weighted by Gasteiger charge is 2.39. The van der Waals surface area contributed by atoms with Crippen LogP contribution in [0.5, 0.6) is 0 Å². The lowest BCUT2D eigenvalue weighted by molar-refractivity contribution is 0.0841. The van der Waals surface area contributed by atoms with E-state index in [2.05, 4.69) is 16.7 Å². The number of halogens is 2. The van der Waals surface area contributed by atoms with Crippen molar-refractivity contribution in [2.24, 2.45) is 0 Å². The van der Waals surface area contributed by atoms with Gasteiger partial charge in [0.25, 0.3) is 5.56 Å². The number of likely N-dealkylation sites (tertiary alicyclic amines) is 1. The summed E-state index contributed by atoms with van der Waals surface area (Å²) < 4.78 is 1.69. The number of aliphatic hydroxyl groups excluding tert-OH is 1. The van der Waals surface area contributed by atoms with Gasteiger partial charge in [-0.3, -0.25) is 14.3 Å². The first-order valence-corrected chi connectivity index (χ1v) is 11.4. The normalized spacial score (nSPS) is 28.2. The van der Waals surface area contributed by atoms with Crippen LogP contribution in [-0.4, -0.2) is 57.4 Å². The van der Waals surface area contributed by atoms with Crippen molar-refractivity contribution in [3.05, 3.63) is 32.3 Å². The Labute approximate surface area is 182 Å². The molecule has 0 spiro atoms. The second kappa shape index (κ2) is 8.22. The third-order valence-electron chi connectivity index (χ3n) is 6.94. The van der Waals surface area contributed by atoms with Crippen LogP contribution in [0, 0.1) is 6.92 Å². The van der Waals surface area contributed by atoms with Crippen LogP contribution < -0.4 is 10.5 Å². The number of β-amino-alcohol motifs (C(OH)–C–C–N with tert-alkyl or cyclic N) is 1. The van der Waals surface area contributed by atoms with Crippen molar-refractivity contribution in [1.82, 2.24) is 14.5 Å². The van der Waals surface area contributed by atoms with Crippen molar-refractivity contribution < 1.29 is 5.11 Å². The Balaban J connectivity index is 1.51. The van der Waals surface area contributed by atoms with E-state index in [0.29, 0.717) is 15.9 Å². The van der Waals surface area contributed by atoms with Crippen LogP contribution >= 0.6 is 23.2 Å². The van der Waals surface area contributed by atoms with E-state index >= 15 is 0 Å². The molecule has 2 saturated heterocycles. The lowest BCUT2D eigenvalue weighted by Crippen LogP contribution is -2.53. The molecule has 1 N–H and O–H groups in total. The highest BCUT2D eigenvalue weighted by atomic mass is 35.5. The first kappa shape index (κ1) is 21.2. The molecule has 2 atom stereocenters. The molecular formula is C21H30Cl2N4O2. The van der Waals surface area contributed by atoms with Crippen LogP contribution in [-0.2, 0) is 0 Å². The van der Waals surface area contributed by atoms with Gasteiger partial charge in [-0.1, -0.05) is 23.2 Å². The molecule has 1 aromatic heterocycles. The van der Waals surface area contributed by atoms with Crippen LogP contribution in [0.2, 0.25) is 0 Å². The number of hydrogen-bond donors (Lipinski definition) is 1. The van der Waals surface area contributed by atoms with E-state index in [-0.39, 0.29) is 23.2 Å². The van der Waals surface area contributed by atoms with E-state index in [9.17, 15) is 9.90 Å². The topological polar surface area (TPSA) is 61.6 Å². The second-order valence-electron chi connectivity index (χ2n) is 8.90. The summed E-state index contributed by atoms with van der Waals surface area (Å²) in [4.78, 5) is 22.4. The van der Waals surface area contributed by atoms with Gasteiger partial charge in [0.1, 0.15) is 11.6 Å². The lowest BCUT2D eigenvalue weighted by atomic mass is 9.88. The number of rotatable bonds is 3. The monoisotopic (exact) mass is 440 g/mol. The van der Waals surface area contributed by atoms with Gasteiger partial charge in [0.15, 0.2) is 0 Å². The molecule has 2 fully saturated rings. The molecular weight excluding hydrogens is 411 g/mol. The number of piperidine rings is 1. The first-order chi connectivity index (χ1) is 13.8. The van der Waals surface area contributed by atoms with E-state index in [1.54, 1.807) is 10.6 Å². The Bertz CT molecular complexity index is 861. The number of anilines is 1. The Kier molecular flexibility index (Phi) is 6.00. The van der Waals surface area contributed by atoms with Crippen LogP contribution in [0.1, 0.15) is 57.3 Å². The smallest absolute Gasteiger partial charge is 0.256 e. The molecule has 0 bridgehead atoms. The molecule has 1 aliphatic carbocycles. The van der Waals surface area contributed by atoms with E-state index in [4.69, 9.17) is 28.2 Å². The van der Waals surface area contributed by atoms with Gasteiger partial charge in [0, 0.05) is 42.8 Å². The number of hydrogen-bond acceptors (Lipinski definition) is 5. The largest absolute Gasteiger partial charge is 0.392 e. The van der Waals surface area contributed by atoms with Crippen LogP contribution in [0.15, 0.2) is 20.9 Å². The SMILES string of the molecule is Cc1nc(N2CCC(C)(N3CC[C@H](O)C3)CC2)cc(=O)n1[C@H]1CCCC(Cl)=C1Cl. The van der Waals surface area contributed by atoms with Gasteiger partial charge < -0.3 is 10.0 Å². The molecule has 4 rings (SSSR count). The molecule has 0 unspecified atom stereocenters. The van der Waals surface area contributed by atoms with Crippen molar-refractivity contribution in [3.8, 4) is 0 Å². The minimum atomic E-state index is -0.210. The van der Waals surface area contributed by atoms with Gasteiger partial charge in [-0.05, 0) is 52.4 Å². The maximum absolute atomic E-state index is 13.0. The van der Waals surface area contributed by atoms with Gasteiger partial charge in [0.05, 0.1) is 17.2 Å². The molecule has 6 nitrogen and oxygen atoms in total. The zero-order chi connectivity index (χ0) is 20.8. The molecule has 29 heavy (non-hydrogen) atoms. The molecule has 2 aliphatic heterocycles. The standard InChI is InChI=1S/C21H30Cl2N4O2/c1-14-24-18(12-19(29)27(14)17-5-3-4-16(22)20(17)23)25-10-7-21(2,8-11-25)26-9-6-15(28)13-26/h12,15,17,28H,3-11,13H2,1-2H3/t15-,17-/m0/s1. The number of aromatic nitrogens is 2. The highest BCUT2D eigenvalue weighted by molar-refractivity contribution is 6.39. The van der Waals surface area contributed by atoms with Crippen LogP contribution in [0.4, 0.5) is 5.82 Å². The van der Waals surface area contributed by atoms with E-state index in [1.807, 2.05) is 6.92 Å². The third-order valence-corrected chi connectivity index (χ3v) is 7.91. The third kappa shape index (κ3) is 4.09. The Hall–Kier alpha value is -1.08. The zero-order valence-electron chi connectivity index (χ0n) is 17.2. The van der Waals surface area contributed by atoms with Gasteiger partial charge in [-0.15, -0.1) is 0 Å². The van der Waals surface area contributed by atoms with Crippen molar-refractivity contribution in [1.29, 1.82) is 0 Å². The number of aliphatic hydroxyl groups is 1. The van der Waals surface area contributed by atoms with Crippen molar-refractivity contribution in [2.45, 2.75) is 70.1 Å². The summed E-state index contributed by atoms with van der Waals surface area (Å²) in [6.07, 6.45) is 5.16. The van der Waals surface area contributed by atoms with Crippen molar-refractivity contribution in [2.75, 3.05) is 31.1 Å². The number of aryl methyl sites for hydroxylation is 1. The second-order valence-corrected chi connectivity index (χ2v) is 9.77. The van der Waals surface area contributed by atoms with Gasteiger partial charge in [-0.2, -0.15) is 0 Å². The fourth-order valence-corrected chi connectivity index (χ4v) is 5.58. The molecule has 0 saturated carbocycles. The number of nitrogens with zero attached hydrogens (tertiary/aromatic N) is 4. The maximum atomic E-state index is 13.0. The zero-order valence-corrected chi connectivity index (χ0v) is 18.7. The summed E-state index contributed by atoms with van der Waals surface area (Å²) in [6.45, 7) is 7.60. The van der Waals surface area contributed by atoms with Crippen LogP contribution in [0.3, 0.4) is 0 Å². The average molecular weight is 441 g/mol. The van der Waals surface area contributed by atoms with Crippen LogP contribution in [0.25, 0.3) is 0 Å². The van der Waals surface area contributed by atoms with Gasteiger partial charge >= 0.3 is 0 Å². The average Bonchev–Trinajstić information content (AvgIpc) is 3.12. The molecule has 0 radical (unpaired) electrons. The molecule has 0 aromatic carbocycles. The fraction of sp³-hybridized carbons (Fsp3) is 0.714. The summed E-state index contributed by atoms with van der Waals surface area (Å²) in [6, 6.07) is 1.43. The summed E-state index contributed by atoms with van der Waals surface area (Å²) >= 11 is 12.7. The van der Waals surface area contributed by atoms with E-state index in [1.165, 1.54) is 0 Å². The molecule has 1 aromatic rings. The van der Waals surface area contributed by atoms with Gasteiger partial charge in [-0.25, -0.2) is 4.98 Å². The predicted molar refractivity (Wildman–Crippen MR) is 117 cm³/mol. The maximum Gasteiger partial charge on any atom is 0.256 e. The minimum absolute atomic E-state index is 0.0713. The summed E-state index contributed by atoms with van der Waals surface area (Å²) in [5.41, 5.74) is 0.0350. The molecule has 8 heteroatoms. The predicted octanol–water partition coefficient (Wildman–Crippen LogP) is 3.39. The molecule has 160 valence electrons. The fourth-order valence-electron chi connectivity index (χ4n) is 5.02. The Morgan fingerprint density at radius 2 is 1.93 bits per heavy atom. The summed E-state index contributed by atoms with van der Waals surface area (Å²) in [7, 11) is 0. The first-order valence-electron chi connectivity index (χ1n) is 10.6. The molecule has 3 aliphatic rings. The van der Waals surface area contributed by atoms with E-state index in [0.717, 1.165) is 70.5 Å². The van der Waals surface area contributed by atoms with Gasteiger partial charge in [0.2, 0.25) is 0 Å².